The van der Waals surface area contributed by atoms with Gasteiger partial charge in [-0.2, -0.15) is 0 Å². The molecule has 1 fully saturated rings. The first-order valence-corrected chi connectivity index (χ1v) is 8.55. The zero-order valence-corrected chi connectivity index (χ0v) is 12.4. The summed E-state index contributed by atoms with van der Waals surface area (Å²) in [5.74, 6) is 0.862. The molecule has 0 bridgehead atoms. The number of anilines is 1. The molecule has 1 aliphatic carbocycles. The van der Waals surface area contributed by atoms with Crippen LogP contribution in [0.2, 0.25) is 0 Å². The van der Waals surface area contributed by atoms with E-state index in [9.17, 15) is 8.42 Å². The largest absolute Gasteiger partial charge is 0.371 e. The summed E-state index contributed by atoms with van der Waals surface area (Å²) in [4.78, 5) is 4.95. The summed E-state index contributed by atoms with van der Waals surface area (Å²) < 4.78 is 29.4. The minimum absolute atomic E-state index is 0.0288. The first-order chi connectivity index (χ1) is 9.03. The molecule has 0 amide bonds. The second kappa shape index (κ2) is 4.46. The van der Waals surface area contributed by atoms with E-state index in [4.69, 9.17) is 0 Å². The molecule has 2 aromatic rings. The molecule has 0 spiro atoms. The smallest absolute Gasteiger partial charge is 0.260 e. The second-order valence-corrected chi connectivity index (χ2v) is 7.32. The van der Waals surface area contributed by atoms with E-state index in [2.05, 4.69) is 15.0 Å². The number of sulfonamides is 1. The highest BCUT2D eigenvalue weighted by molar-refractivity contribution is 7.89. The topological polar surface area (TPSA) is 75.5 Å². The molecule has 0 aliphatic heterocycles. The van der Waals surface area contributed by atoms with Crippen LogP contribution >= 0.6 is 11.3 Å². The van der Waals surface area contributed by atoms with Crippen LogP contribution < -0.4 is 10.0 Å². The van der Waals surface area contributed by atoms with Crippen LogP contribution in [0.5, 0.6) is 0 Å². The van der Waals surface area contributed by atoms with E-state index >= 15 is 0 Å². The van der Waals surface area contributed by atoms with Crippen LogP contribution in [0.25, 0.3) is 4.96 Å². The lowest BCUT2D eigenvalue weighted by Gasteiger charge is -2.13. The van der Waals surface area contributed by atoms with Crippen molar-refractivity contribution in [3.05, 3.63) is 11.6 Å². The molecule has 1 saturated carbocycles. The fourth-order valence-electron chi connectivity index (χ4n) is 2.18. The third-order valence-corrected chi connectivity index (χ3v) is 5.72. The first kappa shape index (κ1) is 12.9. The Balaban J connectivity index is 2.03. The maximum Gasteiger partial charge on any atom is 0.260 e. The third-order valence-electron chi connectivity index (χ3n) is 3.38. The van der Waals surface area contributed by atoms with Gasteiger partial charge in [0.15, 0.2) is 15.8 Å². The molecule has 0 saturated heterocycles. The standard InChI is InChI=1S/C11H16N4O2S2/c1-7(8-3-4-8)14-19(16,17)10-9(12-2)13-11-15(10)5-6-18-11/h5-8,12,14H,3-4H2,1-2H3. The molecule has 0 aromatic carbocycles. The molecule has 1 unspecified atom stereocenters. The third kappa shape index (κ3) is 2.24. The Morgan fingerprint density at radius 3 is 2.89 bits per heavy atom. The van der Waals surface area contributed by atoms with Gasteiger partial charge in [0.25, 0.3) is 10.0 Å². The van der Waals surface area contributed by atoms with Gasteiger partial charge in [-0.05, 0) is 25.7 Å². The number of hydrogen-bond donors (Lipinski definition) is 2. The summed E-state index contributed by atoms with van der Waals surface area (Å²) >= 11 is 1.41. The van der Waals surface area contributed by atoms with Gasteiger partial charge in [-0.25, -0.2) is 18.1 Å². The van der Waals surface area contributed by atoms with Crippen molar-refractivity contribution in [2.75, 3.05) is 12.4 Å². The molecule has 19 heavy (non-hydrogen) atoms. The second-order valence-electron chi connectivity index (χ2n) is 4.82. The van der Waals surface area contributed by atoms with Crippen molar-refractivity contribution in [2.24, 2.45) is 5.92 Å². The number of rotatable bonds is 5. The summed E-state index contributed by atoms with van der Waals surface area (Å²) in [6.07, 6.45) is 3.93. The molecule has 2 N–H and O–H groups in total. The first-order valence-electron chi connectivity index (χ1n) is 6.18. The molecule has 0 radical (unpaired) electrons. The minimum Gasteiger partial charge on any atom is -0.371 e. The van der Waals surface area contributed by atoms with E-state index in [1.54, 1.807) is 17.6 Å². The minimum atomic E-state index is -3.57. The maximum absolute atomic E-state index is 12.5. The zero-order valence-electron chi connectivity index (χ0n) is 10.8. The summed E-state index contributed by atoms with van der Waals surface area (Å²) in [6, 6.07) is -0.0288. The quantitative estimate of drug-likeness (QED) is 0.878. The highest BCUT2D eigenvalue weighted by Gasteiger charge is 2.33. The molecular formula is C11H16N4O2S2. The summed E-state index contributed by atoms with van der Waals surface area (Å²) in [6.45, 7) is 1.92. The summed E-state index contributed by atoms with van der Waals surface area (Å²) in [5.41, 5.74) is 0. The predicted octanol–water partition coefficient (Wildman–Crippen LogP) is 1.51. The van der Waals surface area contributed by atoms with E-state index < -0.39 is 10.0 Å². The van der Waals surface area contributed by atoms with Crippen LogP contribution in [0.15, 0.2) is 16.6 Å². The van der Waals surface area contributed by atoms with Gasteiger partial charge >= 0.3 is 0 Å². The van der Waals surface area contributed by atoms with Crippen molar-refractivity contribution in [3.8, 4) is 0 Å². The van der Waals surface area contributed by atoms with Crippen molar-refractivity contribution in [3.63, 3.8) is 0 Å². The highest BCUT2D eigenvalue weighted by Crippen LogP contribution is 2.33. The monoisotopic (exact) mass is 300 g/mol. The van der Waals surface area contributed by atoms with Crippen LogP contribution in [0, 0.1) is 5.92 Å². The normalized spacial score (nSPS) is 17.8. The Hall–Kier alpha value is -1.12. The van der Waals surface area contributed by atoms with Crippen LogP contribution in [-0.2, 0) is 10.0 Å². The van der Waals surface area contributed by atoms with E-state index in [0.29, 0.717) is 16.7 Å². The van der Waals surface area contributed by atoms with Gasteiger partial charge in [-0.15, -0.1) is 11.3 Å². The molecule has 1 aliphatic rings. The van der Waals surface area contributed by atoms with Gasteiger partial charge in [0.1, 0.15) is 0 Å². The van der Waals surface area contributed by atoms with E-state index in [1.807, 2.05) is 12.3 Å². The predicted molar refractivity (Wildman–Crippen MR) is 75.1 cm³/mol. The summed E-state index contributed by atoms with van der Waals surface area (Å²) in [7, 11) is -1.89. The molecule has 104 valence electrons. The fraction of sp³-hybridized carbons (Fsp3) is 0.545. The Kier molecular flexibility index (Phi) is 3.03. The van der Waals surface area contributed by atoms with Gasteiger partial charge in [0, 0.05) is 24.7 Å². The fourth-order valence-corrected chi connectivity index (χ4v) is 4.55. The lowest BCUT2D eigenvalue weighted by molar-refractivity contribution is 0.535. The average molecular weight is 300 g/mol. The SMILES string of the molecule is CNc1nc2sccn2c1S(=O)(=O)NC(C)C1CC1. The number of thiazole rings is 1. The van der Waals surface area contributed by atoms with Gasteiger partial charge in [-0.1, -0.05) is 0 Å². The number of hydrogen-bond acceptors (Lipinski definition) is 5. The molecule has 2 aromatic heterocycles. The highest BCUT2D eigenvalue weighted by atomic mass is 32.2. The Bertz CT molecular complexity index is 699. The number of imidazole rings is 1. The molecule has 2 heterocycles. The van der Waals surface area contributed by atoms with Crippen LogP contribution in [0.4, 0.5) is 5.82 Å². The van der Waals surface area contributed by atoms with Crippen molar-refractivity contribution < 1.29 is 8.42 Å². The number of aromatic nitrogens is 2. The number of nitrogens with one attached hydrogen (secondary N) is 2. The van der Waals surface area contributed by atoms with Gasteiger partial charge in [0.05, 0.1) is 0 Å². The number of fused-ring (bicyclic) bond motifs is 1. The van der Waals surface area contributed by atoms with Crippen LogP contribution in [0.3, 0.4) is 0 Å². The molecule has 8 heteroatoms. The Morgan fingerprint density at radius 2 is 2.26 bits per heavy atom. The Morgan fingerprint density at radius 1 is 1.53 bits per heavy atom. The van der Waals surface area contributed by atoms with Gasteiger partial charge in [0.2, 0.25) is 0 Å². The lowest BCUT2D eigenvalue weighted by Crippen LogP contribution is -2.35. The van der Waals surface area contributed by atoms with Crippen LogP contribution in [-0.4, -0.2) is 30.9 Å². The van der Waals surface area contributed by atoms with E-state index in [-0.39, 0.29) is 11.1 Å². The molecular weight excluding hydrogens is 284 g/mol. The van der Waals surface area contributed by atoms with Crippen molar-refractivity contribution in [1.82, 2.24) is 14.1 Å². The number of nitrogens with zero attached hydrogens (tertiary/aromatic N) is 2. The van der Waals surface area contributed by atoms with Crippen LogP contribution in [0.1, 0.15) is 19.8 Å². The molecule has 6 nitrogen and oxygen atoms in total. The molecule has 3 rings (SSSR count). The average Bonchev–Trinajstić information content (AvgIpc) is 2.99. The Labute approximate surface area is 115 Å². The van der Waals surface area contributed by atoms with Crippen molar-refractivity contribution in [1.29, 1.82) is 0 Å². The zero-order chi connectivity index (χ0) is 13.6. The molecule has 1 atom stereocenters. The maximum atomic E-state index is 12.5. The summed E-state index contributed by atoms with van der Waals surface area (Å²) in [5, 5.41) is 4.87. The van der Waals surface area contributed by atoms with E-state index in [1.165, 1.54) is 11.3 Å². The van der Waals surface area contributed by atoms with Gasteiger partial charge in [-0.3, -0.25) is 4.40 Å². The van der Waals surface area contributed by atoms with Crippen molar-refractivity contribution in [2.45, 2.75) is 30.8 Å². The lowest BCUT2D eigenvalue weighted by atomic mass is 10.2. The van der Waals surface area contributed by atoms with Gasteiger partial charge < -0.3 is 5.32 Å². The van der Waals surface area contributed by atoms with E-state index in [0.717, 1.165) is 12.8 Å². The van der Waals surface area contributed by atoms with Crippen molar-refractivity contribution >= 4 is 32.1 Å².